The van der Waals surface area contributed by atoms with E-state index < -0.39 is 29.0 Å². The average molecular weight is 501 g/mol. The van der Waals surface area contributed by atoms with Crippen LogP contribution in [0.2, 0.25) is 0 Å². The second kappa shape index (κ2) is 9.35. The molecule has 3 N–H and O–H groups in total. The number of hydrogen-bond donors (Lipinski definition) is 3. The minimum Gasteiger partial charge on any atom is -0.345 e. The predicted molar refractivity (Wildman–Crippen MR) is 136 cm³/mol. The Morgan fingerprint density at radius 3 is 2.57 bits per heavy atom. The lowest BCUT2D eigenvalue weighted by atomic mass is 9.93. The molecule has 2 aromatic carbocycles. The van der Waals surface area contributed by atoms with Gasteiger partial charge in [-0.1, -0.05) is 6.07 Å². The zero-order valence-corrected chi connectivity index (χ0v) is 21.0. The van der Waals surface area contributed by atoms with Crippen molar-refractivity contribution in [2.45, 2.75) is 33.2 Å². The summed E-state index contributed by atoms with van der Waals surface area (Å²) >= 11 is 0. The van der Waals surface area contributed by atoms with E-state index in [1.54, 1.807) is 47.1 Å². The smallest absolute Gasteiger partial charge is 0.293 e. The third kappa shape index (κ3) is 4.59. The molecule has 0 aliphatic carbocycles. The van der Waals surface area contributed by atoms with Gasteiger partial charge in [-0.2, -0.15) is 5.26 Å². The van der Waals surface area contributed by atoms with Crippen LogP contribution in [0.3, 0.4) is 0 Å². The van der Waals surface area contributed by atoms with Crippen LogP contribution >= 0.6 is 0 Å². The molecule has 0 unspecified atom stereocenters. The number of Topliss-reactive ketones (excluding diaryl/α,β-unsaturated/α-hetero) is 1. The van der Waals surface area contributed by atoms with Gasteiger partial charge in [0.05, 0.1) is 34.0 Å². The van der Waals surface area contributed by atoms with Crippen LogP contribution in [0.15, 0.2) is 42.7 Å². The van der Waals surface area contributed by atoms with Crippen LogP contribution < -0.4 is 10.6 Å². The number of benzene rings is 2. The lowest BCUT2D eigenvalue weighted by Crippen LogP contribution is -2.44. The standard InChI is InChI=1S/C27H25FN6O3/c1-14-22(15(2)34(5)23(14)25(36)32-18-7-8-19(28)16(10-18)12-29)24(35)26(37)33-27(3,4)17-6-9-20-21(11-17)31-13-30-20/h6-11,13H,1-5H3,(H,30,31)(H,32,36)(H,33,37). The first-order valence-corrected chi connectivity index (χ1v) is 11.4. The molecule has 0 aliphatic rings. The number of halogens is 1. The lowest BCUT2D eigenvalue weighted by Gasteiger charge is -2.26. The molecule has 2 heterocycles. The third-order valence-electron chi connectivity index (χ3n) is 6.49. The largest absolute Gasteiger partial charge is 0.345 e. The molecule has 2 aromatic heterocycles. The number of fused-ring (bicyclic) bond motifs is 1. The Kier molecular flexibility index (Phi) is 6.40. The minimum atomic E-state index is -0.877. The van der Waals surface area contributed by atoms with E-state index in [0.717, 1.165) is 22.7 Å². The van der Waals surface area contributed by atoms with Gasteiger partial charge in [-0.3, -0.25) is 14.4 Å². The molecule has 0 fully saturated rings. The maximum absolute atomic E-state index is 13.6. The zero-order valence-electron chi connectivity index (χ0n) is 21.0. The number of nitriles is 1. The molecule has 2 amide bonds. The Labute approximate surface area is 212 Å². The van der Waals surface area contributed by atoms with Crippen LogP contribution in [0, 0.1) is 31.0 Å². The number of aromatic amines is 1. The van der Waals surface area contributed by atoms with Gasteiger partial charge in [0.25, 0.3) is 17.6 Å². The summed E-state index contributed by atoms with van der Waals surface area (Å²) in [7, 11) is 1.61. The Hall–Kier alpha value is -4.78. The van der Waals surface area contributed by atoms with Gasteiger partial charge in [0.15, 0.2) is 0 Å². The van der Waals surface area contributed by atoms with Gasteiger partial charge in [-0.15, -0.1) is 0 Å². The van der Waals surface area contributed by atoms with Crippen molar-refractivity contribution in [1.82, 2.24) is 19.9 Å². The maximum Gasteiger partial charge on any atom is 0.293 e. The van der Waals surface area contributed by atoms with Crippen LogP contribution in [-0.4, -0.2) is 32.1 Å². The monoisotopic (exact) mass is 500 g/mol. The molecule has 10 heteroatoms. The van der Waals surface area contributed by atoms with Crippen LogP contribution in [0.1, 0.15) is 57.1 Å². The first-order chi connectivity index (χ1) is 17.4. The summed E-state index contributed by atoms with van der Waals surface area (Å²) in [4.78, 5) is 46.7. The van der Waals surface area contributed by atoms with Crippen molar-refractivity contribution in [2.75, 3.05) is 5.32 Å². The molecule has 0 spiro atoms. The molecule has 9 nitrogen and oxygen atoms in total. The van der Waals surface area contributed by atoms with Crippen molar-refractivity contribution >= 4 is 34.3 Å². The van der Waals surface area contributed by atoms with E-state index in [2.05, 4.69) is 20.6 Å². The molecule has 188 valence electrons. The minimum absolute atomic E-state index is 0.125. The van der Waals surface area contributed by atoms with Crippen LogP contribution in [0.4, 0.5) is 10.1 Å². The second-order valence-corrected chi connectivity index (χ2v) is 9.30. The summed E-state index contributed by atoms with van der Waals surface area (Å²) < 4.78 is 15.2. The summed E-state index contributed by atoms with van der Waals surface area (Å²) in [5.74, 6) is -2.84. The number of carbonyl (C=O) groups is 3. The highest BCUT2D eigenvalue weighted by atomic mass is 19.1. The SMILES string of the molecule is Cc1c(C(=O)C(=O)NC(C)(C)c2ccc3[nH]cnc3c2)c(C)n(C)c1C(=O)Nc1ccc(F)c(C#N)c1. The van der Waals surface area contributed by atoms with E-state index in [1.165, 1.54) is 16.7 Å². The van der Waals surface area contributed by atoms with E-state index in [0.29, 0.717) is 11.3 Å². The van der Waals surface area contributed by atoms with Crippen molar-refractivity contribution in [3.63, 3.8) is 0 Å². The van der Waals surface area contributed by atoms with Crippen molar-refractivity contribution in [1.29, 1.82) is 5.26 Å². The quantitative estimate of drug-likeness (QED) is 0.272. The number of amides is 2. The van der Waals surface area contributed by atoms with Crippen LogP contribution in [0.25, 0.3) is 11.0 Å². The molecule has 4 aromatic rings. The van der Waals surface area contributed by atoms with E-state index in [-0.39, 0.29) is 22.5 Å². The van der Waals surface area contributed by atoms with E-state index >= 15 is 0 Å². The van der Waals surface area contributed by atoms with Gasteiger partial charge in [0, 0.05) is 18.4 Å². The summed E-state index contributed by atoms with van der Waals surface area (Å²) in [6, 6.07) is 10.9. The molecule has 0 atom stereocenters. The van der Waals surface area contributed by atoms with Crippen molar-refractivity contribution in [3.8, 4) is 6.07 Å². The second-order valence-electron chi connectivity index (χ2n) is 9.30. The number of imidazole rings is 1. The summed E-state index contributed by atoms with van der Waals surface area (Å²) in [5, 5.41) is 14.5. The fraction of sp³-hybridized carbons (Fsp3) is 0.222. The van der Waals surface area contributed by atoms with Crippen molar-refractivity contribution in [2.24, 2.45) is 7.05 Å². The fourth-order valence-corrected chi connectivity index (χ4v) is 4.36. The lowest BCUT2D eigenvalue weighted by molar-refractivity contribution is -0.118. The number of hydrogen-bond acceptors (Lipinski definition) is 5. The molecule has 4 rings (SSSR count). The number of nitrogens with zero attached hydrogens (tertiary/aromatic N) is 3. The van der Waals surface area contributed by atoms with Crippen molar-refractivity contribution < 1.29 is 18.8 Å². The number of ketones is 1. The van der Waals surface area contributed by atoms with Crippen molar-refractivity contribution in [3.05, 3.63) is 82.2 Å². The molecule has 0 radical (unpaired) electrons. The molecule has 0 saturated carbocycles. The van der Waals surface area contributed by atoms with Gasteiger partial charge in [0.2, 0.25) is 0 Å². The van der Waals surface area contributed by atoms with Gasteiger partial charge in [-0.05, 0) is 69.2 Å². The molecule has 0 saturated heterocycles. The summed E-state index contributed by atoms with van der Waals surface area (Å²) in [6.07, 6.45) is 1.58. The first kappa shape index (κ1) is 25.3. The Balaban J connectivity index is 1.59. The maximum atomic E-state index is 13.6. The van der Waals surface area contributed by atoms with Gasteiger partial charge in [0.1, 0.15) is 17.6 Å². The number of H-pyrrole nitrogens is 1. The van der Waals surface area contributed by atoms with E-state index in [9.17, 15) is 18.8 Å². The van der Waals surface area contributed by atoms with Gasteiger partial charge >= 0.3 is 0 Å². The van der Waals surface area contributed by atoms with Gasteiger partial charge in [-0.25, -0.2) is 9.37 Å². The molecular weight excluding hydrogens is 475 g/mol. The Morgan fingerprint density at radius 1 is 1.14 bits per heavy atom. The molecule has 37 heavy (non-hydrogen) atoms. The fourth-order valence-electron chi connectivity index (χ4n) is 4.36. The Bertz CT molecular complexity index is 1620. The average Bonchev–Trinajstić information content (AvgIpc) is 3.41. The van der Waals surface area contributed by atoms with Crippen LogP contribution in [0.5, 0.6) is 0 Å². The molecular formula is C27H25FN6O3. The zero-order chi connectivity index (χ0) is 27.1. The molecule has 0 bridgehead atoms. The number of rotatable bonds is 6. The third-order valence-corrected chi connectivity index (χ3v) is 6.49. The highest BCUT2D eigenvalue weighted by Crippen LogP contribution is 2.26. The topological polar surface area (TPSA) is 133 Å². The van der Waals surface area contributed by atoms with Crippen LogP contribution in [-0.2, 0) is 17.4 Å². The number of aromatic nitrogens is 3. The number of nitrogens with one attached hydrogen (secondary N) is 3. The number of anilines is 1. The normalized spacial score (nSPS) is 11.3. The highest BCUT2D eigenvalue weighted by molar-refractivity contribution is 6.43. The summed E-state index contributed by atoms with van der Waals surface area (Å²) in [5.41, 5.74) is 2.56. The Morgan fingerprint density at radius 2 is 1.86 bits per heavy atom. The predicted octanol–water partition coefficient (Wildman–Crippen LogP) is 4.02. The molecule has 0 aliphatic heterocycles. The van der Waals surface area contributed by atoms with E-state index in [4.69, 9.17) is 5.26 Å². The first-order valence-electron chi connectivity index (χ1n) is 11.4. The number of carbonyl (C=O) groups excluding carboxylic acids is 3. The van der Waals surface area contributed by atoms with Gasteiger partial charge < -0.3 is 20.2 Å². The van der Waals surface area contributed by atoms with E-state index in [1.807, 2.05) is 18.2 Å². The summed E-state index contributed by atoms with van der Waals surface area (Å²) in [6.45, 7) is 6.80. The highest BCUT2D eigenvalue weighted by Gasteiger charge is 2.32.